The second-order valence-electron chi connectivity index (χ2n) is 5.05. The number of anilines is 2. The quantitative estimate of drug-likeness (QED) is 0.808. The van der Waals surface area contributed by atoms with Crippen molar-refractivity contribution in [1.29, 1.82) is 0 Å². The maximum Gasteiger partial charge on any atom is 0.244 e. The predicted octanol–water partition coefficient (Wildman–Crippen LogP) is 1.22. The van der Waals surface area contributed by atoms with E-state index in [1.54, 1.807) is 0 Å². The summed E-state index contributed by atoms with van der Waals surface area (Å²) in [6, 6.07) is 8.16. The van der Waals surface area contributed by atoms with Crippen LogP contribution in [-0.2, 0) is 4.79 Å². The van der Waals surface area contributed by atoms with Crippen LogP contribution in [0.2, 0.25) is 0 Å². The van der Waals surface area contributed by atoms with Crippen LogP contribution in [-0.4, -0.2) is 38.6 Å². The van der Waals surface area contributed by atoms with Crippen molar-refractivity contribution in [2.75, 3.05) is 36.5 Å². The molecule has 4 heteroatoms. The van der Waals surface area contributed by atoms with Crippen LogP contribution in [0.1, 0.15) is 12.8 Å². The van der Waals surface area contributed by atoms with E-state index in [1.165, 1.54) is 0 Å². The van der Waals surface area contributed by atoms with Crippen LogP contribution in [0.25, 0.3) is 0 Å². The van der Waals surface area contributed by atoms with Gasteiger partial charge in [-0.15, -0.1) is 0 Å². The van der Waals surface area contributed by atoms with Crippen LogP contribution in [0.15, 0.2) is 24.3 Å². The van der Waals surface area contributed by atoms with Gasteiger partial charge >= 0.3 is 0 Å². The molecule has 3 rings (SSSR count). The normalized spacial score (nSPS) is 23.1. The summed E-state index contributed by atoms with van der Waals surface area (Å²) in [5.74, 6) is 0.230. The number of amides is 1. The Hall–Kier alpha value is -1.55. The highest BCUT2D eigenvalue weighted by Gasteiger charge is 2.31. The highest BCUT2D eigenvalue weighted by Crippen LogP contribution is 2.32. The van der Waals surface area contributed by atoms with E-state index in [-0.39, 0.29) is 11.9 Å². The van der Waals surface area contributed by atoms with E-state index in [9.17, 15) is 4.79 Å². The number of benzene rings is 1. The van der Waals surface area contributed by atoms with E-state index in [4.69, 9.17) is 0 Å². The van der Waals surface area contributed by atoms with E-state index < -0.39 is 0 Å². The molecule has 2 heterocycles. The lowest BCUT2D eigenvalue weighted by Crippen LogP contribution is -2.49. The monoisotopic (exact) mass is 245 g/mol. The minimum absolute atomic E-state index is 0.0152. The Kier molecular flexibility index (Phi) is 2.96. The summed E-state index contributed by atoms with van der Waals surface area (Å²) in [6.45, 7) is 2.64. The molecule has 4 nitrogen and oxygen atoms in total. The van der Waals surface area contributed by atoms with Gasteiger partial charge in [0.25, 0.3) is 0 Å². The number of hydrogen-bond donors (Lipinski definition) is 1. The summed E-state index contributed by atoms with van der Waals surface area (Å²) in [5.41, 5.74) is 2.19. The Morgan fingerprint density at radius 2 is 2.06 bits per heavy atom. The predicted molar refractivity (Wildman–Crippen MR) is 73.1 cm³/mol. The fourth-order valence-electron chi connectivity index (χ4n) is 2.82. The number of nitrogens with zero attached hydrogens (tertiary/aromatic N) is 2. The van der Waals surface area contributed by atoms with Crippen molar-refractivity contribution < 1.29 is 4.79 Å². The molecular weight excluding hydrogens is 226 g/mol. The van der Waals surface area contributed by atoms with Gasteiger partial charge in [0, 0.05) is 20.1 Å². The molecule has 1 fully saturated rings. The van der Waals surface area contributed by atoms with Crippen LogP contribution in [0, 0.1) is 0 Å². The second kappa shape index (κ2) is 4.61. The molecule has 2 aliphatic heterocycles. The average Bonchev–Trinajstić information content (AvgIpc) is 2.93. The van der Waals surface area contributed by atoms with Gasteiger partial charge in [0.15, 0.2) is 0 Å². The molecule has 0 aliphatic carbocycles. The number of fused-ring (bicyclic) bond motifs is 1. The Morgan fingerprint density at radius 1 is 1.28 bits per heavy atom. The van der Waals surface area contributed by atoms with Crippen LogP contribution < -0.4 is 15.1 Å². The summed E-state index contributed by atoms with van der Waals surface area (Å²) in [5, 5.41) is 3.29. The Labute approximate surface area is 108 Å². The van der Waals surface area contributed by atoms with Crippen LogP contribution >= 0.6 is 0 Å². The van der Waals surface area contributed by atoms with Gasteiger partial charge in [0.2, 0.25) is 5.91 Å². The first kappa shape index (κ1) is 11.5. The lowest BCUT2D eigenvalue weighted by molar-refractivity contribution is -0.120. The SMILES string of the molecule is CN1CCN(C(=O)C2CCCN2)c2ccccc21. The van der Waals surface area contributed by atoms with Gasteiger partial charge in [-0.25, -0.2) is 0 Å². The molecule has 1 N–H and O–H groups in total. The van der Waals surface area contributed by atoms with Gasteiger partial charge in [0.05, 0.1) is 17.4 Å². The zero-order valence-corrected chi connectivity index (χ0v) is 10.7. The summed E-state index contributed by atoms with van der Waals surface area (Å²) < 4.78 is 0. The molecule has 1 aromatic rings. The van der Waals surface area contributed by atoms with Crippen molar-refractivity contribution in [2.45, 2.75) is 18.9 Å². The summed E-state index contributed by atoms with van der Waals surface area (Å²) in [4.78, 5) is 16.7. The Balaban J connectivity index is 1.89. The molecule has 1 atom stereocenters. The lowest BCUT2D eigenvalue weighted by Gasteiger charge is -2.36. The first-order valence-corrected chi connectivity index (χ1v) is 6.62. The number of hydrogen-bond acceptors (Lipinski definition) is 3. The number of rotatable bonds is 1. The first-order chi connectivity index (χ1) is 8.77. The molecule has 18 heavy (non-hydrogen) atoms. The van der Waals surface area contributed by atoms with Gasteiger partial charge in [-0.05, 0) is 31.5 Å². The fraction of sp³-hybridized carbons (Fsp3) is 0.500. The average molecular weight is 245 g/mol. The van der Waals surface area contributed by atoms with E-state index in [0.29, 0.717) is 0 Å². The topological polar surface area (TPSA) is 35.6 Å². The van der Waals surface area contributed by atoms with E-state index >= 15 is 0 Å². The smallest absolute Gasteiger partial charge is 0.244 e. The zero-order chi connectivity index (χ0) is 12.5. The van der Waals surface area contributed by atoms with Gasteiger partial charge in [-0.1, -0.05) is 12.1 Å². The number of carbonyl (C=O) groups excluding carboxylic acids is 1. The van der Waals surface area contributed by atoms with Gasteiger partial charge in [-0.3, -0.25) is 4.79 Å². The molecular formula is C14H19N3O. The number of nitrogens with one attached hydrogen (secondary N) is 1. The van der Waals surface area contributed by atoms with Crippen LogP contribution in [0.3, 0.4) is 0 Å². The third-order valence-corrected chi connectivity index (χ3v) is 3.87. The molecule has 96 valence electrons. The molecule has 2 aliphatic rings. The largest absolute Gasteiger partial charge is 0.371 e. The third kappa shape index (κ3) is 1.86. The summed E-state index contributed by atoms with van der Waals surface area (Å²) in [7, 11) is 2.08. The molecule has 0 saturated carbocycles. The van der Waals surface area contributed by atoms with Crippen LogP contribution in [0.5, 0.6) is 0 Å². The molecule has 1 amide bonds. The summed E-state index contributed by atoms with van der Waals surface area (Å²) >= 11 is 0. The minimum atomic E-state index is 0.0152. The highest BCUT2D eigenvalue weighted by atomic mass is 16.2. The van der Waals surface area contributed by atoms with Crippen molar-refractivity contribution in [3.8, 4) is 0 Å². The standard InChI is InChI=1S/C14H19N3O/c1-16-9-10-17(13-7-3-2-6-12(13)16)14(18)11-5-4-8-15-11/h2-3,6-7,11,15H,4-5,8-10H2,1H3. The van der Waals surface area contributed by atoms with E-state index in [2.05, 4.69) is 23.3 Å². The number of para-hydroxylation sites is 2. The Morgan fingerprint density at radius 3 is 2.78 bits per heavy atom. The van der Waals surface area contributed by atoms with E-state index in [0.717, 1.165) is 43.9 Å². The van der Waals surface area contributed by atoms with Crippen molar-refractivity contribution in [1.82, 2.24) is 5.32 Å². The first-order valence-electron chi connectivity index (χ1n) is 6.62. The van der Waals surface area contributed by atoms with Crippen molar-refractivity contribution in [3.63, 3.8) is 0 Å². The molecule has 0 spiro atoms. The Bertz CT molecular complexity index is 454. The van der Waals surface area contributed by atoms with Crippen molar-refractivity contribution >= 4 is 17.3 Å². The van der Waals surface area contributed by atoms with Gasteiger partial charge < -0.3 is 15.1 Å². The highest BCUT2D eigenvalue weighted by molar-refractivity contribution is 6.01. The van der Waals surface area contributed by atoms with Gasteiger partial charge in [0.1, 0.15) is 0 Å². The zero-order valence-electron chi connectivity index (χ0n) is 10.7. The molecule has 0 bridgehead atoms. The van der Waals surface area contributed by atoms with Crippen LogP contribution in [0.4, 0.5) is 11.4 Å². The molecule has 1 aromatic carbocycles. The second-order valence-corrected chi connectivity index (χ2v) is 5.05. The molecule has 1 unspecified atom stereocenters. The third-order valence-electron chi connectivity index (χ3n) is 3.87. The maximum absolute atomic E-state index is 12.5. The number of likely N-dealkylation sites (N-methyl/N-ethyl adjacent to an activating group) is 1. The summed E-state index contributed by atoms with van der Waals surface area (Å²) in [6.07, 6.45) is 2.07. The van der Waals surface area contributed by atoms with Crippen molar-refractivity contribution in [3.05, 3.63) is 24.3 Å². The van der Waals surface area contributed by atoms with E-state index in [1.807, 2.05) is 23.1 Å². The van der Waals surface area contributed by atoms with Gasteiger partial charge in [-0.2, -0.15) is 0 Å². The maximum atomic E-state index is 12.5. The molecule has 0 radical (unpaired) electrons. The van der Waals surface area contributed by atoms with Crippen molar-refractivity contribution in [2.24, 2.45) is 0 Å². The molecule has 1 saturated heterocycles. The lowest BCUT2D eigenvalue weighted by atomic mass is 10.1. The molecule has 0 aromatic heterocycles. The fourth-order valence-corrected chi connectivity index (χ4v) is 2.82. The number of carbonyl (C=O) groups is 1. The minimum Gasteiger partial charge on any atom is -0.371 e.